The second-order valence-corrected chi connectivity index (χ2v) is 3.69. The number of aliphatic carboxylic acids is 1. The van der Waals surface area contributed by atoms with E-state index in [4.69, 9.17) is 14.3 Å². The SMILES string of the molecule is COc1ccc2nc(CCCC(=O)O)oc2c1. The van der Waals surface area contributed by atoms with Crippen molar-refractivity contribution in [1.82, 2.24) is 4.98 Å². The number of oxazole rings is 1. The molecule has 0 unspecified atom stereocenters. The van der Waals surface area contributed by atoms with Crippen LogP contribution in [0.4, 0.5) is 0 Å². The fourth-order valence-electron chi connectivity index (χ4n) is 1.58. The first-order chi connectivity index (χ1) is 8.19. The van der Waals surface area contributed by atoms with Crippen molar-refractivity contribution < 1.29 is 19.1 Å². The van der Waals surface area contributed by atoms with Gasteiger partial charge in [-0.2, -0.15) is 0 Å². The van der Waals surface area contributed by atoms with E-state index in [-0.39, 0.29) is 6.42 Å². The number of hydrogen-bond acceptors (Lipinski definition) is 4. The predicted molar refractivity (Wildman–Crippen MR) is 61.1 cm³/mol. The topological polar surface area (TPSA) is 72.6 Å². The van der Waals surface area contributed by atoms with Crippen LogP contribution in [-0.4, -0.2) is 23.2 Å². The van der Waals surface area contributed by atoms with Gasteiger partial charge < -0.3 is 14.3 Å². The molecule has 1 aromatic carbocycles. The highest BCUT2D eigenvalue weighted by atomic mass is 16.5. The van der Waals surface area contributed by atoms with Crippen molar-refractivity contribution in [2.24, 2.45) is 0 Å². The van der Waals surface area contributed by atoms with Gasteiger partial charge in [-0.15, -0.1) is 0 Å². The number of aryl methyl sites for hydroxylation is 1. The molecule has 0 aliphatic rings. The Labute approximate surface area is 98.0 Å². The van der Waals surface area contributed by atoms with Crippen molar-refractivity contribution >= 4 is 17.1 Å². The van der Waals surface area contributed by atoms with E-state index in [1.165, 1.54) is 0 Å². The number of methoxy groups -OCH3 is 1. The lowest BCUT2D eigenvalue weighted by Gasteiger charge is -1.95. The molecule has 0 amide bonds. The van der Waals surface area contributed by atoms with Gasteiger partial charge in [-0.1, -0.05) is 0 Å². The third-order valence-electron chi connectivity index (χ3n) is 2.42. The Kier molecular flexibility index (Phi) is 3.27. The maximum atomic E-state index is 10.4. The molecule has 0 radical (unpaired) electrons. The molecule has 0 bridgehead atoms. The number of hydrogen-bond donors (Lipinski definition) is 1. The van der Waals surface area contributed by atoms with Crippen LogP contribution in [-0.2, 0) is 11.2 Å². The minimum absolute atomic E-state index is 0.127. The highest BCUT2D eigenvalue weighted by molar-refractivity contribution is 5.74. The van der Waals surface area contributed by atoms with Crippen LogP contribution in [0, 0.1) is 0 Å². The summed E-state index contributed by atoms with van der Waals surface area (Å²) in [6.45, 7) is 0. The third kappa shape index (κ3) is 2.75. The molecule has 1 N–H and O–H groups in total. The van der Waals surface area contributed by atoms with Gasteiger partial charge in [-0.05, 0) is 18.6 Å². The highest BCUT2D eigenvalue weighted by Crippen LogP contribution is 2.22. The zero-order chi connectivity index (χ0) is 12.3. The van der Waals surface area contributed by atoms with Crippen LogP contribution < -0.4 is 4.74 Å². The number of carboxylic acid groups (broad SMARTS) is 1. The summed E-state index contributed by atoms with van der Waals surface area (Å²) in [6.07, 6.45) is 1.19. The lowest BCUT2D eigenvalue weighted by atomic mass is 10.2. The maximum absolute atomic E-state index is 10.4. The summed E-state index contributed by atoms with van der Waals surface area (Å²) in [5.74, 6) is 0.475. The number of fused-ring (bicyclic) bond motifs is 1. The van der Waals surface area contributed by atoms with Gasteiger partial charge in [0.15, 0.2) is 11.5 Å². The fraction of sp³-hybridized carbons (Fsp3) is 0.333. The van der Waals surface area contributed by atoms with Crippen molar-refractivity contribution in [3.63, 3.8) is 0 Å². The number of carboxylic acids is 1. The molecular weight excluding hydrogens is 222 g/mol. The summed E-state index contributed by atoms with van der Waals surface area (Å²) in [4.78, 5) is 14.6. The third-order valence-corrected chi connectivity index (χ3v) is 2.42. The number of nitrogens with zero attached hydrogens (tertiary/aromatic N) is 1. The Morgan fingerprint density at radius 3 is 3.06 bits per heavy atom. The zero-order valence-electron chi connectivity index (χ0n) is 9.47. The van der Waals surface area contributed by atoms with Crippen LogP contribution in [0.25, 0.3) is 11.1 Å². The minimum atomic E-state index is -0.803. The molecule has 5 heteroatoms. The van der Waals surface area contributed by atoms with Crippen LogP contribution in [0.2, 0.25) is 0 Å². The van der Waals surface area contributed by atoms with Gasteiger partial charge in [-0.25, -0.2) is 4.98 Å². The van der Waals surface area contributed by atoms with E-state index < -0.39 is 5.97 Å². The normalized spacial score (nSPS) is 10.6. The average Bonchev–Trinajstić information content (AvgIpc) is 2.69. The molecule has 0 saturated heterocycles. The molecule has 90 valence electrons. The minimum Gasteiger partial charge on any atom is -0.497 e. The van der Waals surface area contributed by atoms with Crippen LogP contribution in [0.1, 0.15) is 18.7 Å². The molecule has 2 rings (SSSR count). The number of benzene rings is 1. The number of ether oxygens (including phenoxy) is 1. The van der Waals surface area contributed by atoms with Crippen LogP contribution in [0.15, 0.2) is 22.6 Å². The molecule has 0 aliphatic carbocycles. The predicted octanol–water partition coefficient (Wildman–Crippen LogP) is 2.24. The summed E-state index contributed by atoms with van der Waals surface area (Å²) in [5, 5.41) is 8.53. The van der Waals surface area contributed by atoms with E-state index in [2.05, 4.69) is 4.98 Å². The van der Waals surface area contributed by atoms with Crippen LogP contribution in [0.3, 0.4) is 0 Å². The van der Waals surface area contributed by atoms with E-state index in [1.54, 1.807) is 13.2 Å². The van der Waals surface area contributed by atoms with Crippen molar-refractivity contribution in [2.45, 2.75) is 19.3 Å². The highest BCUT2D eigenvalue weighted by Gasteiger charge is 2.07. The molecule has 0 saturated carbocycles. The van der Waals surface area contributed by atoms with Crippen molar-refractivity contribution in [2.75, 3.05) is 7.11 Å². The van der Waals surface area contributed by atoms with Crippen molar-refractivity contribution in [1.29, 1.82) is 0 Å². The van der Waals surface area contributed by atoms with Crippen LogP contribution >= 0.6 is 0 Å². The Morgan fingerprint density at radius 2 is 2.35 bits per heavy atom. The second kappa shape index (κ2) is 4.86. The monoisotopic (exact) mass is 235 g/mol. The van der Waals surface area contributed by atoms with Gasteiger partial charge in [0.1, 0.15) is 11.3 Å². The number of rotatable bonds is 5. The molecule has 0 atom stereocenters. The zero-order valence-corrected chi connectivity index (χ0v) is 9.47. The summed E-state index contributed by atoms with van der Waals surface area (Å²) < 4.78 is 10.6. The number of carbonyl (C=O) groups is 1. The largest absolute Gasteiger partial charge is 0.497 e. The first-order valence-electron chi connectivity index (χ1n) is 5.34. The summed E-state index contributed by atoms with van der Waals surface area (Å²) in [6, 6.07) is 5.40. The van der Waals surface area contributed by atoms with Gasteiger partial charge in [-0.3, -0.25) is 4.79 Å². The Hall–Kier alpha value is -2.04. The molecule has 0 fully saturated rings. The van der Waals surface area contributed by atoms with E-state index in [1.807, 2.05) is 12.1 Å². The van der Waals surface area contributed by atoms with E-state index in [0.29, 0.717) is 30.1 Å². The second-order valence-electron chi connectivity index (χ2n) is 3.69. The first-order valence-corrected chi connectivity index (χ1v) is 5.34. The maximum Gasteiger partial charge on any atom is 0.303 e. The lowest BCUT2D eigenvalue weighted by molar-refractivity contribution is -0.137. The molecule has 17 heavy (non-hydrogen) atoms. The molecule has 5 nitrogen and oxygen atoms in total. The quantitative estimate of drug-likeness (QED) is 0.860. The van der Waals surface area contributed by atoms with Gasteiger partial charge in [0.05, 0.1) is 7.11 Å². The van der Waals surface area contributed by atoms with Crippen molar-refractivity contribution in [3.05, 3.63) is 24.1 Å². The van der Waals surface area contributed by atoms with E-state index in [9.17, 15) is 4.79 Å². The van der Waals surface area contributed by atoms with E-state index in [0.717, 1.165) is 5.52 Å². The Balaban J connectivity index is 2.11. The molecule has 1 aromatic heterocycles. The molecule has 0 aliphatic heterocycles. The van der Waals surface area contributed by atoms with Gasteiger partial charge >= 0.3 is 5.97 Å². The van der Waals surface area contributed by atoms with Gasteiger partial charge in [0.2, 0.25) is 0 Å². The lowest BCUT2D eigenvalue weighted by Crippen LogP contribution is -1.95. The summed E-state index contributed by atoms with van der Waals surface area (Å²) in [5.41, 5.74) is 1.42. The smallest absolute Gasteiger partial charge is 0.303 e. The Bertz CT molecular complexity index is 532. The number of aromatic nitrogens is 1. The fourth-order valence-corrected chi connectivity index (χ4v) is 1.58. The van der Waals surface area contributed by atoms with Gasteiger partial charge in [0.25, 0.3) is 0 Å². The molecule has 2 aromatic rings. The van der Waals surface area contributed by atoms with E-state index >= 15 is 0 Å². The average molecular weight is 235 g/mol. The molecule has 0 spiro atoms. The molecule has 1 heterocycles. The van der Waals surface area contributed by atoms with Crippen molar-refractivity contribution in [3.8, 4) is 5.75 Å². The summed E-state index contributed by atoms with van der Waals surface area (Å²) >= 11 is 0. The first kappa shape index (κ1) is 11.4. The summed E-state index contributed by atoms with van der Waals surface area (Å²) in [7, 11) is 1.59. The standard InChI is InChI=1S/C12H13NO4/c1-16-8-5-6-9-10(7-8)17-11(13-9)3-2-4-12(14)15/h5-7H,2-4H2,1H3,(H,14,15). The molecular formula is C12H13NO4. The Morgan fingerprint density at radius 1 is 1.53 bits per heavy atom. The van der Waals surface area contributed by atoms with Gasteiger partial charge in [0, 0.05) is 18.9 Å². The van der Waals surface area contributed by atoms with Crippen LogP contribution in [0.5, 0.6) is 5.75 Å².